The topological polar surface area (TPSA) is 33.5 Å². The molecule has 1 aliphatic heterocycles. The quantitative estimate of drug-likeness (QED) is 0.149. The van der Waals surface area contributed by atoms with Crippen LogP contribution < -0.4 is 14.5 Å². The van der Waals surface area contributed by atoms with E-state index in [0.29, 0.717) is 11.5 Å². The van der Waals surface area contributed by atoms with Gasteiger partial charge >= 0.3 is 0 Å². The Kier molecular flexibility index (Phi) is 11.1. The molecule has 0 unspecified atom stereocenters. The maximum atomic E-state index is 6.68. The van der Waals surface area contributed by atoms with Crippen LogP contribution in [0.5, 0.6) is 11.5 Å². The van der Waals surface area contributed by atoms with Crippen LogP contribution in [0.25, 0.3) is 49.9 Å². The van der Waals surface area contributed by atoms with Gasteiger partial charge in [-0.25, -0.2) is 4.98 Å². The van der Waals surface area contributed by atoms with Crippen LogP contribution in [-0.2, 0) is 31.9 Å². The Morgan fingerprint density at radius 3 is 1.95 bits per heavy atom. The molecule has 10 rings (SSSR count). The monoisotopic (exact) mass is 1010 g/mol. The summed E-state index contributed by atoms with van der Waals surface area (Å²) in [4.78, 5) is 9.43. The Balaban J connectivity index is 0.00000518. The number of pyridine rings is 1. The maximum Gasteiger partial charge on any atom is 0.136 e. The molecular weight excluding hydrogens is 964 g/mol. The molecule has 0 radical (unpaired) electrons. The van der Waals surface area contributed by atoms with Gasteiger partial charge in [-0.15, -0.1) is 48.1 Å². The van der Waals surface area contributed by atoms with Gasteiger partial charge in [0.15, 0.2) is 0 Å². The van der Waals surface area contributed by atoms with Gasteiger partial charge in [0, 0.05) is 61.3 Å². The van der Waals surface area contributed by atoms with Crippen molar-refractivity contribution < 1.29 is 25.8 Å². The summed E-state index contributed by atoms with van der Waals surface area (Å²) in [5, 5.41) is 2.25. The van der Waals surface area contributed by atoms with Crippen molar-refractivity contribution in [2.75, 3.05) is 9.80 Å². The van der Waals surface area contributed by atoms with Crippen LogP contribution in [0.15, 0.2) is 158 Å². The van der Waals surface area contributed by atoms with Crippen molar-refractivity contribution in [1.82, 2.24) is 9.55 Å². The largest absolute Gasteiger partial charge is 0.509 e. The molecule has 1 aliphatic rings. The third-order valence-electron chi connectivity index (χ3n) is 12.3. The molecular formula is C58H51N4OPt-3. The Hall–Kier alpha value is -6.42. The standard InChI is InChI=1S/C58H51N4O.Pt/c1-38-30-44(58(6,7)8)31-39(2)56(38)42-28-29-59-55(33-42)62-51-27-24-43(57(3,4)5)34-50(51)49-26-25-48(36-54(49)62)63-47-21-15-20-46(35-47)61-37-60(52-22-12-13-23-53(52)61)45-19-14-18-41(32-45)40-16-10-9-11-17-40;/h9-34,37H,1-8H3;/q-3;. The van der Waals surface area contributed by atoms with E-state index in [-0.39, 0.29) is 31.9 Å². The van der Waals surface area contributed by atoms with E-state index in [4.69, 9.17) is 9.72 Å². The molecule has 64 heavy (non-hydrogen) atoms. The van der Waals surface area contributed by atoms with Crippen molar-refractivity contribution in [3.8, 4) is 39.6 Å². The van der Waals surface area contributed by atoms with Gasteiger partial charge in [0.05, 0.1) is 0 Å². The number of benzene rings is 7. The van der Waals surface area contributed by atoms with Crippen molar-refractivity contribution >= 4 is 44.6 Å². The van der Waals surface area contributed by atoms with Crippen molar-refractivity contribution in [2.24, 2.45) is 0 Å². The number of ether oxygens (including phenoxy) is 1. The van der Waals surface area contributed by atoms with Crippen LogP contribution in [-0.4, -0.2) is 9.55 Å². The predicted molar refractivity (Wildman–Crippen MR) is 262 cm³/mol. The number of fused-ring (bicyclic) bond motifs is 4. The number of anilines is 4. The van der Waals surface area contributed by atoms with Crippen LogP contribution in [0, 0.1) is 32.6 Å². The number of rotatable bonds is 7. The van der Waals surface area contributed by atoms with Gasteiger partial charge in [-0.1, -0.05) is 126 Å². The second-order valence-corrected chi connectivity index (χ2v) is 18.8. The first-order valence-electron chi connectivity index (χ1n) is 21.8. The Bertz CT molecular complexity index is 3170. The Labute approximate surface area is 392 Å². The second-order valence-electron chi connectivity index (χ2n) is 18.8. The fourth-order valence-electron chi connectivity index (χ4n) is 8.97. The molecule has 0 saturated carbocycles. The summed E-state index contributed by atoms with van der Waals surface area (Å²) in [6, 6.07) is 61.0. The minimum absolute atomic E-state index is 0. The number of aryl methyl sites for hydroxylation is 2. The third-order valence-corrected chi connectivity index (χ3v) is 12.3. The average molecular weight is 1020 g/mol. The fourth-order valence-corrected chi connectivity index (χ4v) is 8.97. The van der Waals surface area contributed by atoms with E-state index in [2.05, 4.69) is 222 Å². The number of para-hydroxylation sites is 2. The smallest absolute Gasteiger partial charge is 0.136 e. The molecule has 3 heterocycles. The second kappa shape index (κ2) is 16.6. The summed E-state index contributed by atoms with van der Waals surface area (Å²) in [5.41, 5.74) is 16.0. The molecule has 0 fully saturated rings. The molecule has 322 valence electrons. The number of hydrogen-bond acceptors (Lipinski definition) is 4. The molecule has 0 saturated heterocycles. The minimum atomic E-state index is -0.0147. The van der Waals surface area contributed by atoms with Gasteiger partial charge in [-0.3, -0.25) is 0 Å². The normalized spacial score (nSPS) is 12.8. The molecule has 5 nitrogen and oxygen atoms in total. The van der Waals surface area contributed by atoms with Crippen molar-refractivity contribution in [3.05, 3.63) is 199 Å². The minimum Gasteiger partial charge on any atom is -0.509 e. The zero-order valence-corrected chi connectivity index (χ0v) is 39.9. The summed E-state index contributed by atoms with van der Waals surface area (Å²) < 4.78 is 8.92. The van der Waals surface area contributed by atoms with Crippen molar-refractivity contribution in [2.45, 2.75) is 66.2 Å². The van der Waals surface area contributed by atoms with E-state index in [1.807, 2.05) is 24.4 Å². The Morgan fingerprint density at radius 2 is 1.22 bits per heavy atom. The van der Waals surface area contributed by atoms with E-state index >= 15 is 0 Å². The van der Waals surface area contributed by atoms with Crippen LogP contribution in [0.4, 0.5) is 22.7 Å². The van der Waals surface area contributed by atoms with Gasteiger partial charge in [0.25, 0.3) is 0 Å². The molecule has 0 N–H and O–H groups in total. The number of aromatic nitrogens is 2. The first kappa shape index (κ1) is 42.9. The molecule has 2 aromatic heterocycles. The van der Waals surface area contributed by atoms with Gasteiger partial charge in [-0.05, 0) is 117 Å². The maximum absolute atomic E-state index is 6.68. The van der Waals surface area contributed by atoms with E-state index < -0.39 is 0 Å². The molecule has 6 heteroatoms. The summed E-state index contributed by atoms with van der Waals surface area (Å²) in [6.07, 6.45) is 1.93. The molecule has 9 aromatic rings. The van der Waals surface area contributed by atoms with Gasteiger partial charge in [0.2, 0.25) is 0 Å². The molecule has 0 spiro atoms. The summed E-state index contributed by atoms with van der Waals surface area (Å²) >= 11 is 0. The van der Waals surface area contributed by atoms with Gasteiger partial charge in [0.1, 0.15) is 5.82 Å². The van der Waals surface area contributed by atoms with Crippen LogP contribution >= 0.6 is 0 Å². The summed E-state index contributed by atoms with van der Waals surface area (Å²) in [7, 11) is 0. The summed E-state index contributed by atoms with van der Waals surface area (Å²) in [6.45, 7) is 20.2. The SMILES string of the molecule is Cc1cc(C(C)(C)C)cc(C)c1-c1ccnc(-n2c3[c-]c(Oc4[c-]c(N5[CH-]N(c6cccc(-c7ccccc7)c6)c6ccccc65)ccc4)ccc3c3cc(C(C)(C)C)ccc32)c1.[Pt]. The first-order valence-corrected chi connectivity index (χ1v) is 21.8. The molecule has 0 bridgehead atoms. The van der Waals surface area contributed by atoms with E-state index in [0.717, 1.165) is 55.9 Å². The zero-order chi connectivity index (χ0) is 43.6. The van der Waals surface area contributed by atoms with Crippen LogP contribution in [0.3, 0.4) is 0 Å². The van der Waals surface area contributed by atoms with Crippen molar-refractivity contribution in [3.63, 3.8) is 0 Å². The average Bonchev–Trinajstić information content (AvgIpc) is 3.82. The third kappa shape index (κ3) is 7.92. The number of nitrogens with zero attached hydrogens (tertiary/aromatic N) is 4. The van der Waals surface area contributed by atoms with Crippen LogP contribution in [0.2, 0.25) is 0 Å². The molecule has 0 amide bonds. The molecule has 0 aliphatic carbocycles. The Morgan fingerprint density at radius 1 is 0.547 bits per heavy atom. The van der Waals surface area contributed by atoms with E-state index in [1.165, 1.54) is 38.9 Å². The number of hydrogen-bond donors (Lipinski definition) is 0. The predicted octanol–water partition coefficient (Wildman–Crippen LogP) is 15.5. The zero-order valence-electron chi connectivity index (χ0n) is 37.6. The van der Waals surface area contributed by atoms with Gasteiger partial charge < -0.3 is 19.1 Å². The summed E-state index contributed by atoms with van der Waals surface area (Å²) in [5.74, 6) is 2.03. The van der Waals surface area contributed by atoms with E-state index in [1.54, 1.807) is 0 Å². The van der Waals surface area contributed by atoms with Gasteiger partial charge in [-0.2, -0.15) is 12.1 Å². The molecule has 7 aromatic carbocycles. The van der Waals surface area contributed by atoms with E-state index in [9.17, 15) is 0 Å². The van der Waals surface area contributed by atoms with Crippen LogP contribution in [0.1, 0.15) is 63.8 Å². The first-order chi connectivity index (χ1) is 30.3. The molecule has 0 atom stereocenters. The fraction of sp³-hybridized carbons (Fsp3) is 0.172. The van der Waals surface area contributed by atoms with Crippen molar-refractivity contribution in [1.29, 1.82) is 0 Å².